The molecule has 0 saturated heterocycles. The Labute approximate surface area is 117 Å². The minimum absolute atomic E-state index is 0.807. The van der Waals surface area contributed by atoms with Crippen LogP contribution < -0.4 is 5.32 Å². The number of hydrogen-bond acceptors (Lipinski definition) is 3. The smallest absolute Gasteiger partial charge is 0.0945 e. The van der Waals surface area contributed by atoms with Crippen molar-refractivity contribution in [2.24, 2.45) is 0 Å². The highest BCUT2D eigenvalue weighted by Crippen LogP contribution is 2.26. The zero-order valence-corrected chi connectivity index (χ0v) is 12.2. The van der Waals surface area contributed by atoms with Crippen molar-refractivity contribution in [3.63, 3.8) is 0 Å². The Balaban J connectivity index is 2.11. The molecule has 18 heavy (non-hydrogen) atoms. The largest absolute Gasteiger partial charge is 0.317 e. The topological polar surface area (TPSA) is 24.9 Å². The highest BCUT2D eigenvalue weighted by atomic mass is 35.5. The first-order valence-electron chi connectivity index (χ1n) is 6.12. The third-order valence-corrected chi connectivity index (χ3v) is 4.10. The summed E-state index contributed by atoms with van der Waals surface area (Å²) in [5.74, 6) is 0. The van der Waals surface area contributed by atoms with Gasteiger partial charge in [-0.05, 0) is 31.2 Å². The fraction of sp³-hybridized carbons (Fsp3) is 0.357. The van der Waals surface area contributed by atoms with Crippen LogP contribution in [0.5, 0.6) is 0 Å². The molecule has 0 radical (unpaired) electrons. The fourth-order valence-electron chi connectivity index (χ4n) is 1.73. The van der Waals surface area contributed by atoms with Crippen LogP contribution in [0.2, 0.25) is 5.02 Å². The number of hydrogen-bond donors (Lipinski definition) is 1. The van der Waals surface area contributed by atoms with Crippen molar-refractivity contribution in [3.8, 4) is 11.3 Å². The number of aromatic nitrogens is 1. The normalized spacial score (nSPS) is 10.8. The average molecular weight is 281 g/mol. The summed E-state index contributed by atoms with van der Waals surface area (Å²) >= 11 is 7.75. The summed E-state index contributed by atoms with van der Waals surface area (Å²) in [6.07, 6.45) is 0.991. The number of thiazole rings is 1. The third-order valence-electron chi connectivity index (χ3n) is 2.77. The van der Waals surface area contributed by atoms with Gasteiger partial charge in [-0.25, -0.2) is 4.98 Å². The standard InChI is InChI=1S/C14H17ClN2S/c1-3-16-7-6-14-17-13(9-18-14)11-4-5-12(15)10(2)8-11/h4-5,8-9,16H,3,6-7H2,1-2H3. The van der Waals surface area contributed by atoms with E-state index in [1.165, 1.54) is 5.01 Å². The van der Waals surface area contributed by atoms with Crippen molar-refractivity contribution in [3.05, 3.63) is 39.2 Å². The van der Waals surface area contributed by atoms with Gasteiger partial charge >= 0.3 is 0 Å². The van der Waals surface area contributed by atoms with Gasteiger partial charge in [0.15, 0.2) is 0 Å². The second-order valence-electron chi connectivity index (χ2n) is 4.19. The zero-order chi connectivity index (χ0) is 13.0. The Hall–Kier alpha value is -0.900. The number of halogens is 1. The predicted octanol–water partition coefficient (Wildman–Crippen LogP) is 3.92. The van der Waals surface area contributed by atoms with Crippen LogP contribution >= 0.6 is 22.9 Å². The first kappa shape index (κ1) is 13.5. The van der Waals surface area contributed by atoms with Crippen LogP contribution in [-0.4, -0.2) is 18.1 Å². The average Bonchev–Trinajstić information content (AvgIpc) is 2.82. The molecular formula is C14H17ClN2S. The molecule has 1 N–H and O–H groups in total. The number of likely N-dealkylation sites (N-methyl/N-ethyl adjacent to an activating group) is 1. The van der Waals surface area contributed by atoms with Crippen molar-refractivity contribution >= 4 is 22.9 Å². The molecule has 1 aromatic carbocycles. The highest BCUT2D eigenvalue weighted by molar-refractivity contribution is 7.09. The highest BCUT2D eigenvalue weighted by Gasteiger charge is 2.05. The SMILES string of the molecule is CCNCCc1nc(-c2ccc(Cl)c(C)c2)cs1. The van der Waals surface area contributed by atoms with Crippen LogP contribution in [0.1, 0.15) is 17.5 Å². The van der Waals surface area contributed by atoms with Crippen molar-refractivity contribution in [1.29, 1.82) is 0 Å². The molecule has 0 aliphatic heterocycles. The molecule has 2 aromatic rings. The van der Waals surface area contributed by atoms with Crippen LogP contribution in [0.4, 0.5) is 0 Å². The third kappa shape index (κ3) is 3.31. The lowest BCUT2D eigenvalue weighted by Gasteiger charge is -2.01. The van der Waals surface area contributed by atoms with Gasteiger partial charge in [0.2, 0.25) is 0 Å². The van der Waals surface area contributed by atoms with E-state index < -0.39 is 0 Å². The van der Waals surface area contributed by atoms with Crippen LogP contribution in [0.3, 0.4) is 0 Å². The van der Waals surface area contributed by atoms with Crippen molar-refractivity contribution in [1.82, 2.24) is 10.3 Å². The number of aryl methyl sites for hydroxylation is 1. The number of nitrogens with zero attached hydrogens (tertiary/aromatic N) is 1. The molecule has 0 aliphatic rings. The van der Waals surface area contributed by atoms with Gasteiger partial charge in [0.1, 0.15) is 0 Å². The van der Waals surface area contributed by atoms with Gasteiger partial charge in [0, 0.05) is 28.9 Å². The molecule has 1 heterocycles. The summed E-state index contributed by atoms with van der Waals surface area (Å²) in [5, 5.41) is 7.41. The number of benzene rings is 1. The minimum atomic E-state index is 0.807. The van der Waals surface area contributed by atoms with Gasteiger partial charge in [-0.3, -0.25) is 0 Å². The molecule has 0 spiro atoms. The van der Waals surface area contributed by atoms with E-state index in [2.05, 4.69) is 28.7 Å². The van der Waals surface area contributed by atoms with Crippen LogP contribution in [0.15, 0.2) is 23.6 Å². The summed E-state index contributed by atoms with van der Waals surface area (Å²) in [6, 6.07) is 6.05. The van der Waals surface area contributed by atoms with Gasteiger partial charge in [0.05, 0.1) is 10.7 Å². The van der Waals surface area contributed by atoms with Gasteiger partial charge in [-0.2, -0.15) is 0 Å². The molecule has 0 bridgehead atoms. The summed E-state index contributed by atoms with van der Waals surface area (Å²) in [7, 11) is 0. The first-order chi connectivity index (χ1) is 8.70. The molecule has 0 fully saturated rings. The molecule has 0 aliphatic carbocycles. The maximum Gasteiger partial charge on any atom is 0.0945 e. The monoisotopic (exact) mass is 280 g/mol. The zero-order valence-electron chi connectivity index (χ0n) is 10.7. The molecule has 0 saturated carbocycles. The van der Waals surface area contributed by atoms with Crippen molar-refractivity contribution in [2.75, 3.05) is 13.1 Å². The summed E-state index contributed by atoms with van der Waals surface area (Å²) < 4.78 is 0. The molecule has 0 atom stereocenters. The molecule has 0 unspecified atom stereocenters. The second kappa shape index (κ2) is 6.32. The Bertz CT molecular complexity index is 522. The predicted molar refractivity (Wildman–Crippen MR) is 79.5 cm³/mol. The minimum Gasteiger partial charge on any atom is -0.317 e. The fourth-order valence-corrected chi connectivity index (χ4v) is 2.66. The van der Waals surface area contributed by atoms with Crippen LogP contribution in [-0.2, 0) is 6.42 Å². The lowest BCUT2D eigenvalue weighted by atomic mass is 10.1. The first-order valence-corrected chi connectivity index (χ1v) is 7.38. The van der Waals surface area contributed by atoms with E-state index in [9.17, 15) is 0 Å². The molecule has 1 aromatic heterocycles. The quantitative estimate of drug-likeness (QED) is 0.840. The van der Waals surface area contributed by atoms with Gasteiger partial charge in [-0.15, -0.1) is 11.3 Å². The van der Waals surface area contributed by atoms with E-state index in [1.54, 1.807) is 11.3 Å². The molecule has 0 amide bonds. The summed E-state index contributed by atoms with van der Waals surface area (Å²) in [6.45, 7) is 6.13. The van der Waals surface area contributed by atoms with Crippen molar-refractivity contribution < 1.29 is 0 Å². The van der Waals surface area contributed by atoms with Gasteiger partial charge in [-0.1, -0.05) is 24.6 Å². The molecule has 2 rings (SSSR count). The molecule has 2 nitrogen and oxygen atoms in total. The number of nitrogens with one attached hydrogen (secondary N) is 1. The maximum atomic E-state index is 6.03. The Morgan fingerprint density at radius 1 is 1.39 bits per heavy atom. The van der Waals surface area contributed by atoms with Crippen LogP contribution in [0, 0.1) is 6.92 Å². The van der Waals surface area contributed by atoms with E-state index in [0.29, 0.717) is 0 Å². The van der Waals surface area contributed by atoms with Gasteiger partial charge in [0.25, 0.3) is 0 Å². The van der Waals surface area contributed by atoms with E-state index in [4.69, 9.17) is 11.6 Å². The Kier molecular flexibility index (Phi) is 4.75. The van der Waals surface area contributed by atoms with Crippen molar-refractivity contribution in [2.45, 2.75) is 20.3 Å². The van der Waals surface area contributed by atoms with Crippen LogP contribution in [0.25, 0.3) is 11.3 Å². The van der Waals surface area contributed by atoms with E-state index in [1.807, 2.05) is 19.1 Å². The molecule has 96 valence electrons. The lowest BCUT2D eigenvalue weighted by Crippen LogP contribution is -2.15. The summed E-state index contributed by atoms with van der Waals surface area (Å²) in [5.41, 5.74) is 3.28. The Morgan fingerprint density at radius 3 is 2.94 bits per heavy atom. The van der Waals surface area contributed by atoms with Gasteiger partial charge < -0.3 is 5.32 Å². The van der Waals surface area contributed by atoms with E-state index in [0.717, 1.165) is 41.4 Å². The molecular weight excluding hydrogens is 264 g/mol. The second-order valence-corrected chi connectivity index (χ2v) is 5.54. The van der Waals surface area contributed by atoms with E-state index in [-0.39, 0.29) is 0 Å². The maximum absolute atomic E-state index is 6.03. The van der Waals surface area contributed by atoms with E-state index >= 15 is 0 Å². The Morgan fingerprint density at radius 2 is 2.22 bits per heavy atom. The lowest BCUT2D eigenvalue weighted by molar-refractivity contribution is 0.714. The number of rotatable bonds is 5. The summed E-state index contributed by atoms with van der Waals surface area (Å²) in [4.78, 5) is 4.66. The molecule has 4 heteroatoms.